The van der Waals surface area contributed by atoms with Gasteiger partial charge >= 0.3 is 0 Å². The summed E-state index contributed by atoms with van der Waals surface area (Å²) < 4.78 is 27.5. The summed E-state index contributed by atoms with van der Waals surface area (Å²) in [5.74, 6) is -0.931. The standard InChI is InChI=1S/C23H18F2N6O/c1-14-9-10-26-19(11-14)31-21-12-20(27-13-28-21)29-15-5-7-16(8-6-15)30-23(32)22-17(24)3-2-4-18(22)25/h2-13H,1H3,(H,30,32)(H2,26,27,28,29,31). The van der Waals surface area contributed by atoms with Gasteiger partial charge in [0, 0.05) is 23.6 Å². The van der Waals surface area contributed by atoms with E-state index in [1.54, 1.807) is 36.5 Å². The Morgan fingerprint density at radius 3 is 2.09 bits per heavy atom. The van der Waals surface area contributed by atoms with Crippen molar-refractivity contribution in [2.24, 2.45) is 0 Å². The summed E-state index contributed by atoms with van der Waals surface area (Å²) in [6.45, 7) is 1.97. The molecular weight excluding hydrogens is 414 g/mol. The van der Waals surface area contributed by atoms with Crippen molar-refractivity contribution in [1.82, 2.24) is 15.0 Å². The highest BCUT2D eigenvalue weighted by molar-refractivity contribution is 6.04. The molecule has 2 heterocycles. The molecule has 4 aromatic rings. The zero-order chi connectivity index (χ0) is 22.5. The number of nitrogens with zero attached hydrogens (tertiary/aromatic N) is 3. The van der Waals surface area contributed by atoms with Crippen LogP contribution >= 0.6 is 0 Å². The van der Waals surface area contributed by atoms with E-state index in [0.717, 1.165) is 17.7 Å². The summed E-state index contributed by atoms with van der Waals surface area (Å²) in [6.07, 6.45) is 3.12. The van der Waals surface area contributed by atoms with Crippen LogP contribution in [-0.4, -0.2) is 20.9 Å². The van der Waals surface area contributed by atoms with Gasteiger partial charge in [-0.3, -0.25) is 4.79 Å². The van der Waals surface area contributed by atoms with E-state index in [1.165, 1.54) is 12.4 Å². The van der Waals surface area contributed by atoms with Gasteiger partial charge in [-0.25, -0.2) is 23.7 Å². The highest BCUT2D eigenvalue weighted by atomic mass is 19.1. The second kappa shape index (κ2) is 9.17. The Balaban J connectivity index is 1.42. The number of carbonyl (C=O) groups is 1. The van der Waals surface area contributed by atoms with Crippen LogP contribution in [0.3, 0.4) is 0 Å². The average Bonchev–Trinajstić information content (AvgIpc) is 2.75. The van der Waals surface area contributed by atoms with Crippen molar-refractivity contribution in [1.29, 1.82) is 0 Å². The van der Waals surface area contributed by atoms with E-state index in [0.29, 0.717) is 28.8 Å². The molecule has 0 aliphatic rings. The summed E-state index contributed by atoms with van der Waals surface area (Å²) in [4.78, 5) is 24.8. The predicted octanol–water partition coefficient (Wildman–Crippen LogP) is 5.20. The van der Waals surface area contributed by atoms with Crippen LogP contribution in [0.25, 0.3) is 0 Å². The maximum atomic E-state index is 13.8. The van der Waals surface area contributed by atoms with Crippen LogP contribution in [0, 0.1) is 18.6 Å². The van der Waals surface area contributed by atoms with Crippen molar-refractivity contribution in [3.8, 4) is 0 Å². The van der Waals surface area contributed by atoms with E-state index < -0.39 is 23.1 Å². The van der Waals surface area contributed by atoms with Crippen LogP contribution in [0.2, 0.25) is 0 Å². The molecule has 9 heteroatoms. The largest absolute Gasteiger partial charge is 0.340 e. The lowest BCUT2D eigenvalue weighted by atomic mass is 10.1. The van der Waals surface area contributed by atoms with E-state index in [4.69, 9.17) is 0 Å². The fraction of sp³-hybridized carbons (Fsp3) is 0.0435. The molecule has 0 fully saturated rings. The first-order valence-electron chi connectivity index (χ1n) is 9.62. The number of hydrogen-bond donors (Lipinski definition) is 3. The summed E-state index contributed by atoms with van der Waals surface area (Å²) in [5.41, 5.74) is 1.52. The maximum Gasteiger partial charge on any atom is 0.261 e. The minimum atomic E-state index is -0.921. The number of hydrogen-bond acceptors (Lipinski definition) is 6. The Morgan fingerprint density at radius 1 is 0.781 bits per heavy atom. The van der Waals surface area contributed by atoms with Crippen LogP contribution in [0.1, 0.15) is 15.9 Å². The first-order chi connectivity index (χ1) is 15.5. The lowest BCUT2D eigenvalue weighted by molar-refractivity contribution is 0.101. The van der Waals surface area contributed by atoms with Gasteiger partial charge in [0.05, 0.1) is 0 Å². The highest BCUT2D eigenvalue weighted by Gasteiger charge is 2.17. The molecule has 0 spiro atoms. The summed E-state index contributed by atoms with van der Waals surface area (Å²) in [6, 6.07) is 15.4. The van der Waals surface area contributed by atoms with Crippen molar-refractivity contribution < 1.29 is 13.6 Å². The molecule has 0 radical (unpaired) electrons. The van der Waals surface area contributed by atoms with Crippen LogP contribution < -0.4 is 16.0 Å². The quantitative estimate of drug-likeness (QED) is 0.388. The van der Waals surface area contributed by atoms with Crippen molar-refractivity contribution in [3.05, 3.63) is 95.9 Å². The minimum absolute atomic E-state index is 0.388. The first-order valence-corrected chi connectivity index (χ1v) is 9.62. The summed E-state index contributed by atoms with van der Waals surface area (Å²) in [7, 11) is 0. The van der Waals surface area contributed by atoms with Gasteiger partial charge in [-0.05, 0) is 61.0 Å². The zero-order valence-electron chi connectivity index (χ0n) is 16.9. The lowest BCUT2D eigenvalue weighted by Crippen LogP contribution is -2.15. The van der Waals surface area contributed by atoms with Gasteiger partial charge in [-0.2, -0.15) is 0 Å². The van der Waals surface area contributed by atoms with Crippen LogP contribution in [0.4, 0.5) is 37.6 Å². The summed E-state index contributed by atoms with van der Waals surface area (Å²) in [5, 5.41) is 8.73. The van der Waals surface area contributed by atoms with Crippen LogP contribution in [-0.2, 0) is 0 Å². The third kappa shape index (κ3) is 5.01. The molecule has 160 valence electrons. The van der Waals surface area contributed by atoms with Gasteiger partial charge in [-0.15, -0.1) is 0 Å². The van der Waals surface area contributed by atoms with Gasteiger partial charge in [0.15, 0.2) is 0 Å². The van der Waals surface area contributed by atoms with Gasteiger partial charge in [0.2, 0.25) is 0 Å². The first kappa shape index (κ1) is 20.9. The maximum absolute atomic E-state index is 13.8. The number of anilines is 5. The molecule has 0 aliphatic carbocycles. The molecule has 0 aliphatic heterocycles. The van der Waals surface area contributed by atoms with Gasteiger partial charge in [-0.1, -0.05) is 6.07 Å². The molecule has 3 N–H and O–H groups in total. The fourth-order valence-electron chi connectivity index (χ4n) is 2.92. The number of rotatable bonds is 6. The SMILES string of the molecule is Cc1ccnc(Nc2cc(Nc3ccc(NC(=O)c4c(F)cccc4F)cc3)ncn2)c1. The van der Waals surface area contributed by atoms with E-state index in [9.17, 15) is 13.6 Å². The zero-order valence-corrected chi connectivity index (χ0v) is 16.9. The van der Waals surface area contributed by atoms with E-state index in [-0.39, 0.29) is 0 Å². The second-order valence-electron chi connectivity index (χ2n) is 6.89. The molecular formula is C23H18F2N6O. The average molecular weight is 432 g/mol. The number of halogens is 2. The van der Waals surface area contributed by atoms with Crippen molar-refractivity contribution >= 4 is 34.7 Å². The number of amides is 1. The monoisotopic (exact) mass is 432 g/mol. The molecule has 4 rings (SSSR count). The van der Waals surface area contributed by atoms with Crippen LogP contribution in [0.15, 0.2) is 73.2 Å². The number of aromatic nitrogens is 3. The molecule has 0 atom stereocenters. The molecule has 1 amide bonds. The number of nitrogens with one attached hydrogen (secondary N) is 3. The molecule has 0 unspecified atom stereocenters. The second-order valence-corrected chi connectivity index (χ2v) is 6.89. The van der Waals surface area contributed by atoms with E-state index in [2.05, 4.69) is 30.9 Å². The Kier molecular flexibility index (Phi) is 5.98. The molecule has 0 bridgehead atoms. The van der Waals surface area contributed by atoms with E-state index in [1.807, 2.05) is 19.1 Å². The van der Waals surface area contributed by atoms with Gasteiger partial charge in [0.1, 0.15) is 41.0 Å². The third-order valence-electron chi connectivity index (χ3n) is 4.44. The van der Waals surface area contributed by atoms with Crippen molar-refractivity contribution in [3.63, 3.8) is 0 Å². The Labute approximate surface area is 182 Å². The van der Waals surface area contributed by atoms with E-state index >= 15 is 0 Å². The van der Waals surface area contributed by atoms with Crippen molar-refractivity contribution in [2.75, 3.05) is 16.0 Å². The molecule has 2 aromatic heterocycles. The number of carbonyl (C=O) groups excluding carboxylic acids is 1. The molecule has 2 aromatic carbocycles. The molecule has 7 nitrogen and oxygen atoms in total. The fourth-order valence-corrected chi connectivity index (χ4v) is 2.92. The lowest BCUT2D eigenvalue weighted by Gasteiger charge is -2.10. The van der Waals surface area contributed by atoms with Gasteiger partial charge < -0.3 is 16.0 Å². The number of aryl methyl sites for hydroxylation is 1. The smallest absolute Gasteiger partial charge is 0.261 e. The Bertz CT molecular complexity index is 1240. The molecule has 0 saturated carbocycles. The Morgan fingerprint density at radius 2 is 1.41 bits per heavy atom. The van der Waals surface area contributed by atoms with Crippen molar-refractivity contribution in [2.45, 2.75) is 6.92 Å². The molecule has 32 heavy (non-hydrogen) atoms. The Hall–Kier alpha value is -4.40. The normalized spacial score (nSPS) is 10.5. The highest BCUT2D eigenvalue weighted by Crippen LogP contribution is 2.21. The summed E-state index contributed by atoms with van der Waals surface area (Å²) >= 11 is 0. The molecule has 0 saturated heterocycles. The number of benzene rings is 2. The predicted molar refractivity (Wildman–Crippen MR) is 118 cm³/mol. The number of pyridine rings is 1. The van der Waals surface area contributed by atoms with Gasteiger partial charge in [0.25, 0.3) is 5.91 Å². The third-order valence-corrected chi connectivity index (χ3v) is 4.44. The van der Waals surface area contributed by atoms with Crippen LogP contribution in [0.5, 0.6) is 0 Å². The topological polar surface area (TPSA) is 91.8 Å². The minimum Gasteiger partial charge on any atom is -0.340 e.